The molecular formula is C16H14BrN3O2. The van der Waals surface area contributed by atoms with Crippen LogP contribution in [0.25, 0.3) is 0 Å². The van der Waals surface area contributed by atoms with Gasteiger partial charge in [0.05, 0.1) is 5.56 Å². The molecule has 0 aliphatic carbocycles. The van der Waals surface area contributed by atoms with E-state index in [2.05, 4.69) is 26.7 Å². The lowest BCUT2D eigenvalue weighted by molar-refractivity contribution is 0.0510. The Morgan fingerprint density at radius 3 is 2.68 bits per heavy atom. The molecule has 0 saturated heterocycles. The van der Waals surface area contributed by atoms with Crippen LogP contribution in [0, 0.1) is 0 Å². The fourth-order valence-electron chi connectivity index (χ4n) is 2.33. The number of hydrazine groups is 1. The first-order valence-corrected chi connectivity index (χ1v) is 7.61. The number of carbonyl (C=O) groups is 2. The molecule has 1 aliphatic heterocycles. The summed E-state index contributed by atoms with van der Waals surface area (Å²) in [6, 6.07) is 14.2. The van der Waals surface area contributed by atoms with E-state index in [-0.39, 0.29) is 18.0 Å². The maximum atomic E-state index is 12.6. The van der Waals surface area contributed by atoms with Gasteiger partial charge in [0.1, 0.15) is 6.17 Å². The van der Waals surface area contributed by atoms with E-state index in [1.165, 1.54) is 5.01 Å². The summed E-state index contributed by atoms with van der Waals surface area (Å²) < 4.78 is 0.810. The Bertz CT molecular complexity index is 733. The van der Waals surface area contributed by atoms with Gasteiger partial charge in [-0.05, 0) is 37.3 Å². The van der Waals surface area contributed by atoms with Crippen LogP contribution in [0.3, 0.4) is 0 Å². The van der Waals surface area contributed by atoms with Crippen LogP contribution in [-0.2, 0) is 0 Å². The van der Waals surface area contributed by atoms with Crippen LogP contribution in [0.15, 0.2) is 53.0 Å². The molecule has 1 unspecified atom stereocenters. The predicted molar refractivity (Wildman–Crippen MR) is 87.3 cm³/mol. The molecular weight excluding hydrogens is 346 g/mol. The Kier molecular flexibility index (Phi) is 3.85. The molecule has 0 bridgehead atoms. The van der Waals surface area contributed by atoms with Crippen LogP contribution in [0.2, 0.25) is 0 Å². The topological polar surface area (TPSA) is 61.4 Å². The number of anilines is 1. The average molecular weight is 360 g/mol. The van der Waals surface area contributed by atoms with Gasteiger partial charge in [-0.3, -0.25) is 15.0 Å². The van der Waals surface area contributed by atoms with Gasteiger partial charge in [0, 0.05) is 15.7 Å². The normalized spacial score (nSPS) is 16.7. The molecule has 0 radical (unpaired) electrons. The molecule has 0 saturated carbocycles. The van der Waals surface area contributed by atoms with Crippen molar-refractivity contribution in [1.82, 2.24) is 10.4 Å². The highest BCUT2D eigenvalue weighted by Gasteiger charge is 2.31. The lowest BCUT2D eigenvalue weighted by Crippen LogP contribution is -2.56. The van der Waals surface area contributed by atoms with Crippen LogP contribution < -0.4 is 10.7 Å². The zero-order valence-corrected chi connectivity index (χ0v) is 13.4. The molecule has 3 rings (SSSR count). The largest absolute Gasteiger partial charge is 0.363 e. The number of carbonyl (C=O) groups excluding carboxylic acids is 2. The fourth-order valence-corrected chi connectivity index (χ4v) is 2.69. The van der Waals surface area contributed by atoms with Gasteiger partial charge >= 0.3 is 0 Å². The van der Waals surface area contributed by atoms with Crippen molar-refractivity contribution in [2.75, 3.05) is 5.32 Å². The molecule has 0 aromatic heterocycles. The van der Waals surface area contributed by atoms with E-state index in [9.17, 15) is 9.59 Å². The van der Waals surface area contributed by atoms with Crippen molar-refractivity contribution in [2.45, 2.75) is 13.1 Å². The second-order valence-electron chi connectivity index (χ2n) is 4.99. The first-order chi connectivity index (χ1) is 10.6. The Balaban J connectivity index is 1.85. The molecule has 0 fully saturated rings. The lowest BCUT2D eigenvalue weighted by atomic mass is 10.1. The zero-order valence-electron chi connectivity index (χ0n) is 11.8. The second-order valence-corrected chi connectivity index (χ2v) is 5.91. The number of rotatable bonds is 2. The summed E-state index contributed by atoms with van der Waals surface area (Å²) in [5.41, 5.74) is 4.43. The van der Waals surface area contributed by atoms with Crippen LogP contribution in [0.1, 0.15) is 27.6 Å². The van der Waals surface area contributed by atoms with E-state index in [0.29, 0.717) is 11.1 Å². The fraction of sp³-hybridized carbons (Fsp3) is 0.125. The van der Waals surface area contributed by atoms with Crippen LogP contribution in [0.5, 0.6) is 0 Å². The van der Waals surface area contributed by atoms with Crippen molar-refractivity contribution in [3.63, 3.8) is 0 Å². The van der Waals surface area contributed by atoms with Crippen molar-refractivity contribution in [2.24, 2.45) is 0 Å². The number of amides is 2. The van der Waals surface area contributed by atoms with Crippen molar-refractivity contribution in [3.05, 3.63) is 64.1 Å². The van der Waals surface area contributed by atoms with E-state index >= 15 is 0 Å². The third-order valence-electron chi connectivity index (χ3n) is 3.44. The minimum absolute atomic E-state index is 0.244. The van der Waals surface area contributed by atoms with Gasteiger partial charge in [-0.25, -0.2) is 5.01 Å². The summed E-state index contributed by atoms with van der Waals surface area (Å²) in [6.45, 7) is 1.81. The zero-order chi connectivity index (χ0) is 15.7. The highest BCUT2D eigenvalue weighted by Crippen LogP contribution is 2.27. The van der Waals surface area contributed by atoms with Crippen LogP contribution in [-0.4, -0.2) is 23.0 Å². The number of benzene rings is 2. The molecule has 5 nitrogen and oxygen atoms in total. The molecule has 1 atom stereocenters. The standard InChI is InChI=1S/C16H14BrN3O2/c1-10-18-14-8-7-12(17)9-13(14)16(22)20(10)19-15(21)11-5-3-2-4-6-11/h2-10,18H,1H3,(H,19,21). The quantitative estimate of drug-likeness (QED) is 0.866. The third kappa shape index (κ3) is 2.69. The van der Waals surface area contributed by atoms with Crippen LogP contribution >= 0.6 is 15.9 Å². The molecule has 1 heterocycles. The number of nitrogens with zero attached hydrogens (tertiary/aromatic N) is 1. The maximum Gasteiger partial charge on any atom is 0.276 e. The SMILES string of the molecule is CC1Nc2ccc(Br)cc2C(=O)N1NC(=O)c1ccccc1. The molecule has 112 valence electrons. The molecule has 0 spiro atoms. The van der Waals surface area contributed by atoms with Crippen molar-refractivity contribution in [1.29, 1.82) is 0 Å². The monoisotopic (exact) mass is 359 g/mol. The summed E-state index contributed by atoms with van der Waals surface area (Å²) in [7, 11) is 0. The molecule has 2 aromatic carbocycles. The number of halogens is 1. The second kappa shape index (κ2) is 5.81. The lowest BCUT2D eigenvalue weighted by Gasteiger charge is -2.35. The van der Waals surface area contributed by atoms with Crippen molar-refractivity contribution in [3.8, 4) is 0 Å². The van der Waals surface area contributed by atoms with Gasteiger partial charge in [0.25, 0.3) is 11.8 Å². The molecule has 2 aromatic rings. The highest BCUT2D eigenvalue weighted by molar-refractivity contribution is 9.10. The number of hydrogen-bond acceptors (Lipinski definition) is 3. The predicted octanol–water partition coefficient (Wildman–Crippen LogP) is 3.01. The van der Waals surface area contributed by atoms with Gasteiger partial charge in [-0.15, -0.1) is 0 Å². The molecule has 1 aliphatic rings. The van der Waals surface area contributed by atoms with E-state index in [0.717, 1.165) is 10.2 Å². The van der Waals surface area contributed by atoms with Gasteiger partial charge in [0.15, 0.2) is 0 Å². The summed E-state index contributed by atoms with van der Waals surface area (Å²) in [6.07, 6.45) is -0.339. The summed E-state index contributed by atoms with van der Waals surface area (Å²) in [5.74, 6) is -0.562. The first-order valence-electron chi connectivity index (χ1n) is 6.82. The van der Waals surface area contributed by atoms with E-state index in [4.69, 9.17) is 0 Å². The van der Waals surface area contributed by atoms with Gasteiger partial charge in [-0.1, -0.05) is 34.1 Å². The maximum absolute atomic E-state index is 12.6. The Labute approximate surface area is 136 Å². The number of nitrogens with one attached hydrogen (secondary N) is 2. The Hall–Kier alpha value is -2.34. The third-order valence-corrected chi connectivity index (χ3v) is 3.93. The van der Waals surface area contributed by atoms with E-state index < -0.39 is 0 Å². The highest BCUT2D eigenvalue weighted by atomic mass is 79.9. The Morgan fingerprint density at radius 2 is 1.95 bits per heavy atom. The van der Waals surface area contributed by atoms with E-state index in [1.807, 2.05) is 25.1 Å². The van der Waals surface area contributed by atoms with Gasteiger partial charge in [0.2, 0.25) is 0 Å². The minimum atomic E-state index is -0.339. The van der Waals surface area contributed by atoms with Gasteiger partial charge in [-0.2, -0.15) is 0 Å². The van der Waals surface area contributed by atoms with Crippen molar-refractivity contribution < 1.29 is 9.59 Å². The van der Waals surface area contributed by atoms with E-state index in [1.54, 1.807) is 30.3 Å². The summed E-state index contributed by atoms with van der Waals surface area (Å²) in [4.78, 5) is 24.8. The Morgan fingerprint density at radius 1 is 1.23 bits per heavy atom. The average Bonchev–Trinajstić information content (AvgIpc) is 2.53. The molecule has 2 amide bonds. The first kappa shape index (κ1) is 14.6. The smallest absolute Gasteiger partial charge is 0.276 e. The molecule has 2 N–H and O–H groups in total. The summed E-state index contributed by atoms with van der Waals surface area (Å²) >= 11 is 3.35. The molecule has 22 heavy (non-hydrogen) atoms. The minimum Gasteiger partial charge on any atom is -0.363 e. The summed E-state index contributed by atoms with van der Waals surface area (Å²) in [5, 5.41) is 4.50. The van der Waals surface area contributed by atoms with Crippen molar-refractivity contribution >= 4 is 33.4 Å². The number of fused-ring (bicyclic) bond motifs is 1. The molecule has 6 heteroatoms. The van der Waals surface area contributed by atoms with Crippen LogP contribution in [0.4, 0.5) is 5.69 Å². The number of hydrogen-bond donors (Lipinski definition) is 2. The van der Waals surface area contributed by atoms with Gasteiger partial charge < -0.3 is 5.32 Å².